The highest BCUT2D eigenvalue weighted by molar-refractivity contribution is 7.18. The first-order chi connectivity index (χ1) is 11.7. The summed E-state index contributed by atoms with van der Waals surface area (Å²) in [6.07, 6.45) is 0. The fraction of sp³-hybridized carbons (Fsp3) is 0.438. The molecule has 1 aromatic carbocycles. The molecule has 0 aliphatic carbocycles. The predicted molar refractivity (Wildman–Crippen MR) is 93.9 cm³/mol. The summed E-state index contributed by atoms with van der Waals surface area (Å²) in [5.74, 6) is -0.0433. The molecule has 2 heterocycles. The average molecular weight is 347 g/mol. The Labute approximate surface area is 144 Å². The number of aromatic nitrogens is 1. The number of urea groups is 1. The van der Waals surface area contributed by atoms with Gasteiger partial charge in [0.25, 0.3) is 0 Å². The number of thiazole rings is 1. The van der Waals surface area contributed by atoms with Gasteiger partial charge in [0.05, 0.1) is 23.3 Å². The average Bonchev–Trinajstić information content (AvgIpc) is 3.02. The monoisotopic (exact) mass is 347 g/mol. The van der Waals surface area contributed by atoms with Crippen molar-refractivity contribution in [2.24, 2.45) is 0 Å². The maximum absolute atomic E-state index is 12.1. The van der Waals surface area contributed by atoms with Gasteiger partial charge in [-0.05, 0) is 12.1 Å². The van der Waals surface area contributed by atoms with Gasteiger partial charge < -0.3 is 15.5 Å². The fourth-order valence-corrected chi connectivity index (χ4v) is 3.70. The van der Waals surface area contributed by atoms with Gasteiger partial charge in [-0.2, -0.15) is 0 Å². The predicted octanol–water partition coefficient (Wildman–Crippen LogP) is 0.870. The van der Waals surface area contributed by atoms with E-state index in [-0.39, 0.29) is 18.5 Å². The molecule has 2 aromatic rings. The van der Waals surface area contributed by atoms with Crippen LogP contribution in [-0.4, -0.2) is 66.5 Å². The lowest BCUT2D eigenvalue weighted by Crippen LogP contribution is -2.51. The van der Waals surface area contributed by atoms with E-state index in [1.165, 1.54) is 11.7 Å². The zero-order valence-corrected chi connectivity index (χ0v) is 14.4. The van der Waals surface area contributed by atoms with Crippen LogP contribution in [0.25, 0.3) is 10.2 Å². The summed E-state index contributed by atoms with van der Waals surface area (Å²) in [5, 5.41) is 6.07. The van der Waals surface area contributed by atoms with Crippen LogP contribution in [0, 0.1) is 0 Å². The third-order valence-electron chi connectivity index (χ3n) is 4.05. The van der Waals surface area contributed by atoms with E-state index in [2.05, 4.69) is 26.6 Å². The molecule has 1 aliphatic rings. The molecule has 1 aliphatic heterocycles. The van der Waals surface area contributed by atoms with Crippen LogP contribution in [0.4, 0.5) is 4.79 Å². The molecule has 0 radical (unpaired) electrons. The minimum absolute atomic E-state index is 0.0392. The van der Waals surface area contributed by atoms with E-state index < -0.39 is 0 Å². The fourth-order valence-electron chi connectivity index (χ4n) is 2.69. The standard InChI is InChI=1S/C16H21N5O2S/c1-17-16(23)18-10-15(22)21-8-6-20(7-9-21)11-14-19-12-4-2-3-5-13(12)24-14/h2-5H,6-11H2,1H3,(H2,17,18,23). The Bertz CT molecular complexity index is 691. The molecule has 8 heteroatoms. The van der Waals surface area contributed by atoms with Crippen LogP contribution in [0.15, 0.2) is 24.3 Å². The van der Waals surface area contributed by atoms with Gasteiger partial charge in [0.2, 0.25) is 5.91 Å². The van der Waals surface area contributed by atoms with Crippen LogP contribution in [0.2, 0.25) is 0 Å². The summed E-state index contributed by atoms with van der Waals surface area (Å²) in [4.78, 5) is 31.9. The quantitative estimate of drug-likeness (QED) is 0.860. The van der Waals surface area contributed by atoms with E-state index in [1.807, 2.05) is 18.2 Å². The van der Waals surface area contributed by atoms with E-state index in [4.69, 9.17) is 0 Å². The number of hydrogen-bond donors (Lipinski definition) is 2. The first kappa shape index (κ1) is 16.7. The molecule has 3 rings (SSSR count). The van der Waals surface area contributed by atoms with Crippen molar-refractivity contribution >= 4 is 33.5 Å². The number of carbonyl (C=O) groups excluding carboxylic acids is 2. The molecule has 3 amide bonds. The summed E-state index contributed by atoms with van der Waals surface area (Å²) in [6, 6.07) is 7.82. The lowest BCUT2D eigenvalue weighted by Gasteiger charge is -2.34. The van der Waals surface area contributed by atoms with Gasteiger partial charge in [0.15, 0.2) is 0 Å². The Hall–Kier alpha value is -2.19. The highest BCUT2D eigenvalue weighted by Gasteiger charge is 2.22. The molecule has 7 nitrogen and oxygen atoms in total. The number of rotatable bonds is 4. The molecule has 0 saturated carbocycles. The van der Waals surface area contributed by atoms with Crippen LogP contribution in [0.5, 0.6) is 0 Å². The highest BCUT2D eigenvalue weighted by atomic mass is 32.1. The van der Waals surface area contributed by atoms with Crippen molar-refractivity contribution in [2.75, 3.05) is 39.8 Å². The zero-order chi connectivity index (χ0) is 16.9. The Morgan fingerprint density at radius 1 is 1.21 bits per heavy atom. The molecule has 1 fully saturated rings. The van der Waals surface area contributed by atoms with Gasteiger partial charge >= 0.3 is 6.03 Å². The molecule has 0 spiro atoms. The molecule has 128 valence electrons. The molecular formula is C16H21N5O2S. The van der Waals surface area contributed by atoms with E-state index >= 15 is 0 Å². The summed E-state index contributed by atoms with van der Waals surface area (Å²) < 4.78 is 1.21. The van der Waals surface area contributed by atoms with Gasteiger partial charge in [-0.15, -0.1) is 11.3 Å². The smallest absolute Gasteiger partial charge is 0.314 e. The summed E-state index contributed by atoms with van der Waals surface area (Å²) in [6.45, 7) is 3.86. The van der Waals surface area contributed by atoms with Gasteiger partial charge in [-0.3, -0.25) is 9.69 Å². The third-order valence-corrected chi connectivity index (χ3v) is 5.07. The summed E-state index contributed by atoms with van der Waals surface area (Å²) >= 11 is 1.72. The molecule has 2 N–H and O–H groups in total. The molecule has 0 atom stereocenters. The lowest BCUT2D eigenvalue weighted by molar-refractivity contribution is -0.131. The number of amides is 3. The lowest BCUT2D eigenvalue weighted by atomic mass is 10.3. The van der Waals surface area contributed by atoms with Crippen molar-refractivity contribution in [1.82, 2.24) is 25.4 Å². The van der Waals surface area contributed by atoms with Crippen LogP contribution < -0.4 is 10.6 Å². The van der Waals surface area contributed by atoms with Crippen molar-refractivity contribution in [3.63, 3.8) is 0 Å². The van der Waals surface area contributed by atoms with Crippen molar-refractivity contribution in [3.05, 3.63) is 29.3 Å². The third kappa shape index (κ3) is 4.01. The van der Waals surface area contributed by atoms with E-state index in [1.54, 1.807) is 16.2 Å². The SMILES string of the molecule is CNC(=O)NCC(=O)N1CCN(Cc2nc3ccccc3s2)CC1. The van der Waals surface area contributed by atoms with E-state index in [0.29, 0.717) is 13.1 Å². The zero-order valence-electron chi connectivity index (χ0n) is 13.6. The number of benzene rings is 1. The maximum Gasteiger partial charge on any atom is 0.314 e. The number of para-hydroxylation sites is 1. The summed E-state index contributed by atoms with van der Waals surface area (Å²) in [7, 11) is 1.53. The Kier molecular flexibility index (Phi) is 5.27. The van der Waals surface area contributed by atoms with Crippen molar-refractivity contribution in [1.29, 1.82) is 0 Å². The van der Waals surface area contributed by atoms with Crippen molar-refractivity contribution < 1.29 is 9.59 Å². The molecular weight excluding hydrogens is 326 g/mol. The maximum atomic E-state index is 12.1. The number of hydrogen-bond acceptors (Lipinski definition) is 5. The molecule has 1 aromatic heterocycles. The highest BCUT2D eigenvalue weighted by Crippen LogP contribution is 2.22. The minimum Gasteiger partial charge on any atom is -0.341 e. The number of carbonyl (C=O) groups is 2. The van der Waals surface area contributed by atoms with Gasteiger partial charge in [0, 0.05) is 33.2 Å². The number of fused-ring (bicyclic) bond motifs is 1. The second-order valence-corrected chi connectivity index (χ2v) is 6.78. The first-order valence-electron chi connectivity index (χ1n) is 7.96. The van der Waals surface area contributed by atoms with Gasteiger partial charge in [0.1, 0.15) is 5.01 Å². The van der Waals surface area contributed by atoms with Gasteiger partial charge in [-0.1, -0.05) is 12.1 Å². The number of nitrogens with zero attached hydrogens (tertiary/aromatic N) is 3. The Balaban J connectivity index is 1.48. The largest absolute Gasteiger partial charge is 0.341 e. The van der Waals surface area contributed by atoms with Crippen LogP contribution in [0.3, 0.4) is 0 Å². The Morgan fingerprint density at radius 2 is 1.96 bits per heavy atom. The van der Waals surface area contributed by atoms with E-state index in [0.717, 1.165) is 30.2 Å². The normalized spacial score (nSPS) is 15.5. The van der Waals surface area contributed by atoms with Crippen molar-refractivity contribution in [2.45, 2.75) is 6.54 Å². The van der Waals surface area contributed by atoms with Crippen LogP contribution >= 0.6 is 11.3 Å². The molecule has 1 saturated heterocycles. The summed E-state index contributed by atoms with van der Waals surface area (Å²) in [5.41, 5.74) is 1.05. The van der Waals surface area contributed by atoms with Crippen LogP contribution in [-0.2, 0) is 11.3 Å². The first-order valence-corrected chi connectivity index (χ1v) is 8.77. The Morgan fingerprint density at radius 3 is 2.67 bits per heavy atom. The molecule has 0 bridgehead atoms. The number of nitrogens with one attached hydrogen (secondary N) is 2. The van der Waals surface area contributed by atoms with Crippen molar-refractivity contribution in [3.8, 4) is 0 Å². The second kappa shape index (κ2) is 7.59. The number of piperazine rings is 1. The molecule has 24 heavy (non-hydrogen) atoms. The second-order valence-electron chi connectivity index (χ2n) is 5.66. The van der Waals surface area contributed by atoms with Gasteiger partial charge in [-0.25, -0.2) is 9.78 Å². The molecule has 0 unspecified atom stereocenters. The topological polar surface area (TPSA) is 77.6 Å². The van der Waals surface area contributed by atoms with E-state index in [9.17, 15) is 9.59 Å². The van der Waals surface area contributed by atoms with Crippen LogP contribution in [0.1, 0.15) is 5.01 Å². The minimum atomic E-state index is -0.335.